The molecule has 3 rings (SSSR count). The lowest BCUT2D eigenvalue weighted by Gasteiger charge is -2.33. The van der Waals surface area contributed by atoms with Crippen molar-refractivity contribution in [3.8, 4) is 0 Å². The Morgan fingerprint density at radius 3 is 2.55 bits per heavy atom. The van der Waals surface area contributed by atoms with Gasteiger partial charge < -0.3 is 10.1 Å². The third-order valence-electron chi connectivity index (χ3n) is 5.82. The van der Waals surface area contributed by atoms with Crippen LogP contribution in [0.25, 0.3) is 0 Å². The zero-order chi connectivity index (χ0) is 14.1. The van der Waals surface area contributed by atoms with Gasteiger partial charge in [-0.25, -0.2) is 0 Å². The van der Waals surface area contributed by atoms with E-state index in [0.29, 0.717) is 17.1 Å². The Hall–Kier alpha value is -0.0800. The normalized spacial score (nSPS) is 31.8. The molecule has 2 atom stereocenters. The summed E-state index contributed by atoms with van der Waals surface area (Å²) in [5, 5.41) is 3.76. The van der Waals surface area contributed by atoms with Crippen molar-refractivity contribution in [2.45, 2.75) is 102 Å². The molecule has 0 aromatic rings. The molecular weight excluding hydrogens is 246 g/mol. The first kappa shape index (κ1) is 14.8. The summed E-state index contributed by atoms with van der Waals surface area (Å²) in [5.74, 6) is 0. The molecule has 1 N–H and O–H groups in total. The smallest absolute Gasteiger partial charge is 0.0687 e. The molecule has 1 spiro atoms. The first-order chi connectivity index (χ1) is 9.63. The Morgan fingerprint density at radius 1 is 1.15 bits per heavy atom. The predicted molar refractivity (Wildman–Crippen MR) is 84.0 cm³/mol. The van der Waals surface area contributed by atoms with E-state index in [2.05, 4.69) is 19.2 Å². The zero-order valence-electron chi connectivity index (χ0n) is 13.5. The van der Waals surface area contributed by atoms with Gasteiger partial charge in [0.25, 0.3) is 0 Å². The Balaban J connectivity index is 1.52. The first-order valence-electron chi connectivity index (χ1n) is 9.04. The quantitative estimate of drug-likeness (QED) is 0.744. The average Bonchev–Trinajstić information content (AvgIpc) is 3.02. The maximum absolute atomic E-state index is 6.55. The Kier molecular flexibility index (Phi) is 4.42. The van der Waals surface area contributed by atoms with Crippen LogP contribution in [-0.2, 0) is 4.74 Å². The number of hydrogen-bond acceptors (Lipinski definition) is 2. The second kappa shape index (κ2) is 5.96. The monoisotopic (exact) mass is 279 g/mol. The van der Waals surface area contributed by atoms with Gasteiger partial charge in [0.1, 0.15) is 0 Å². The fourth-order valence-corrected chi connectivity index (χ4v) is 4.52. The lowest BCUT2D eigenvalue weighted by atomic mass is 9.79. The molecule has 2 nitrogen and oxygen atoms in total. The standard InChI is InChI=1S/C18H33NO/c1-3-9-17(2,14-19-15-6-7-15)13-16-8-12-18(20-16)10-4-5-11-18/h15-16,19H,3-14H2,1-2H3. The molecule has 3 fully saturated rings. The van der Waals surface area contributed by atoms with E-state index in [4.69, 9.17) is 4.74 Å². The number of ether oxygens (including phenoxy) is 1. The molecule has 116 valence electrons. The predicted octanol–water partition coefficient (Wildman–Crippen LogP) is 4.43. The highest BCUT2D eigenvalue weighted by molar-refractivity contribution is 4.95. The zero-order valence-corrected chi connectivity index (χ0v) is 13.5. The van der Waals surface area contributed by atoms with Crippen molar-refractivity contribution in [3.63, 3.8) is 0 Å². The fourth-order valence-electron chi connectivity index (χ4n) is 4.52. The third-order valence-corrected chi connectivity index (χ3v) is 5.82. The molecule has 20 heavy (non-hydrogen) atoms. The Bertz CT molecular complexity index is 319. The molecule has 2 saturated carbocycles. The summed E-state index contributed by atoms with van der Waals surface area (Å²) in [6.07, 6.45) is 15.3. The van der Waals surface area contributed by atoms with Gasteiger partial charge in [0.15, 0.2) is 0 Å². The SMILES string of the molecule is CCCC(C)(CNC1CC1)CC1CCC2(CCCC2)O1. The summed E-state index contributed by atoms with van der Waals surface area (Å²) >= 11 is 0. The van der Waals surface area contributed by atoms with Crippen molar-refractivity contribution in [3.05, 3.63) is 0 Å². The van der Waals surface area contributed by atoms with Crippen LogP contribution in [0, 0.1) is 5.41 Å². The van der Waals surface area contributed by atoms with E-state index in [-0.39, 0.29) is 0 Å². The van der Waals surface area contributed by atoms with E-state index in [1.165, 1.54) is 77.2 Å². The highest BCUT2D eigenvalue weighted by Gasteiger charge is 2.44. The van der Waals surface area contributed by atoms with Crippen LogP contribution in [0.5, 0.6) is 0 Å². The number of rotatable bonds is 7. The van der Waals surface area contributed by atoms with Gasteiger partial charge in [0.05, 0.1) is 11.7 Å². The first-order valence-corrected chi connectivity index (χ1v) is 9.04. The minimum atomic E-state index is 0.307. The van der Waals surface area contributed by atoms with Crippen LogP contribution in [0.15, 0.2) is 0 Å². The number of nitrogens with one attached hydrogen (secondary N) is 1. The van der Waals surface area contributed by atoms with Crippen LogP contribution in [0.3, 0.4) is 0 Å². The van der Waals surface area contributed by atoms with Crippen molar-refractivity contribution in [1.82, 2.24) is 5.32 Å². The summed E-state index contributed by atoms with van der Waals surface area (Å²) in [6, 6.07) is 0.830. The fraction of sp³-hybridized carbons (Fsp3) is 1.00. The van der Waals surface area contributed by atoms with Crippen molar-refractivity contribution in [1.29, 1.82) is 0 Å². The largest absolute Gasteiger partial charge is 0.372 e. The van der Waals surface area contributed by atoms with Gasteiger partial charge in [-0.05, 0) is 56.8 Å². The van der Waals surface area contributed by atoms with E-state index >= 15 is 0 Å². The lowest BCUT2D eigenvalue weighted by Crippen LogP contribution is -2.36. The molecular formula is C18H33NO. The van der Waals surface area contributed by atoms with E-state index in [9.17, 15) is 0 Å². The summed E-state index contributed by atoms with van der Waals surface area (Å²) in [4.78, 5) is 0. The third kappa shape index (κ3) is 3.57. The maximum atomic E-state index is 6.55. The molecule has 1 aliphatic heterocycles. The summed E-state index contributed by atoms with van der Waals surface area (Å²) in [5.41, 5.74) is 0.744. The summed E-state index contributed by atoms with van der Waals surface area (Å²) in [7, 11) is 0. The summed E-state index contributed by atoms with van der Waals surface area (Å²) < 4.78 is 6.55. The average molecular weight is 279 g/mol. The van der Waals surface area contributed by atoms with Crippen LogP contribution in [0.1, 0.15) is 84.5 Å². The molecule has 2 unspecified atom stereocenters. The minimum Gasteiger partial charge on any atom is -0.372 e. The van der Waals surface area contributed by atoms with Crippen LogP contribution >= 0.6 is 0 Å². The molecule has 0 radical (unpaired) electrons. The van der Waals surface area contributed by atoms with Gasteiger partial charge in [-0.15, -0.1) is 0 Å². The second-order valence-corrected chi connectivity index (χ2v) is 8.09. The van der Waals surface area contributed by atoms with Gasteiger partial charge in [-0.3, -0.25) is 0 Å². The van der Waals surface area contributed by atoms with Crippen LogP contribution < -0.4 is 5.32 Å². The molecule has 2 heteroatoms. The van der Waals surface area contributed by atoms with Crippen molar-refractivity contribution in [2.24, 2.45) is 5.41 Å². The Labute approximate surface area is 125 Å². The topological polar surface area (TPSA) is 21.3 Å². The van der Waals surface area contributed by atoms with Crippen molar-refractivity contribution >= 4 is 0 Å². The molecule has 0 aromatic heterocycles. The molecule has 1 saturated heterocycles. The van der Waals surface area contributed by atoms with Gasteiger partial charge in [-0.2, -0.15) is 0 Å². The maximum Gasteiger partial charge on any atom is 0.0687 e. The van der Waals surface area contributed by atoms with Crippen molar-refractivity contribution in [2.75, 3.05) is 6.54 Å². The van der Waals surface area contributed by atoms with Gasteiger partial charge in [0.2, 0.25) is 0 Å². The van der Waals surface area contributed by atoms with E-state index in [0.717, 1.165) is 6.04 Å². The lowest BCUT2D eigenvalue weighted by molar-refractivity contribution is -0.0527. The van der Waals surface area contributed by atoms with E-state index in [1.807, 2.05) is 0 Å². The molecule has 0 amide bonds. The summed E-state index contributed by atoms with van der Waals surface area (Å²) in [6.45, 7) is 6.00. The Morgan fingerprint density at radius 2 is 1.90 bits per heavy atom. The molecule has 0 aromatic carbocycles. The minimum absolute atomic E-state index is 0.307. The van der Waals surface area contributed by atoms with E-state index in [1.54, 1.807) is 0 Å². The van der Waals surface area contributed by atoms with Gasteiger partial charge >= 0.3 is 0 Å². The van der Waals surface area contributed by atoms with Crippen LogP contribution in [-0.4, -0.2) is 24.3 Å². The van der Waals surface area contributed by atoms with Crippen LogP contribution in [0.4, 0.5) is 0 Å². The van der Waals surface area contributed by atoms with E-state index < -0.39 is 0 Å². The second-order valence-electron chi connectivity index (χ2n) is 8.09. The molecule has 2 aliphatic carbocycles. The molecule has 3 aliphatic rings. The number of hydrogen-bond donors (Lipinski definition) is 1. The van der Waals surface area contributed by atoms with Crippen molar-refractivity contribution < 1.29 is 4.74 Å². The highest BCUT2D eigenvalue weighted by atomic mass is 16.5. The van der Waals surface area contributed by atoms with Gasteiger partial charge in [-0.1, -0.05) is 33.1 Å². The van der Waals surface area contributed by atoms with Gasteiger partial charge in [0, 0.05) is 12.6 Å². The highest BCUT2D eigenvalue weighted by Crippen LogP contribution is 2.46. The van der Waals surface area contributed by atoms with Crippen LogP contribution in [0.2, 0.25) is 0 Å². The molecule has 1 heterocycles. The molecule has 0 bridgehead atoms.